The standard InChI is InChI=1S/C14H18N6O3S2/c15-25(22,23)12-7-3-4-10(8-12)16-13(21)9-24-14-17-18-19-20(14)11-5-1-2-6-11/h3-4,7-8,11H,1-2,5-6,9H2,(H,16,21)(H2,15,22,23). The van der Waals surface area contributed by atoms with Crippen molar-refractivity contribution in [2.45, 2.75) is 41.8 Å². The van der Waals surface area contributed by atoms with Crippen LogP contribution in [0, 0.1) is 0 Å². The second-order valence-corrected chi connectivity index (χ2v) is 8.26. The van der Waals surface area contributed by atoms with Crippen molar-refractivity contribution in [3.8, 4) is 0 Å². The zero-order valence-corrected chi connectivity index (χ0v) is 15.0. The number of anilines is 1. The monoisotopic (exact) mass is 382 g/mol. The van der Waals surface area contributed by atoms with Gasteiger partial charge in [0.2, 0.25) is 21.1 Å². The normalized spacial score (nSPS) is 15.4. The summed E-state index contributed by atoms with van der Waals surface area (Å²) in [7, 11) is -3.81. The summed E-state index contributed by atoms with van der Waals surface area (Å²) in [4.78, 5) is 12.1. The van der Waals surface area contributed by atoms with E-state index in [1.807, 2.05) is 0 Å². The van der Waals surface area contributed by atoms with E-state index in [9.17, 15) is 13.2 Å². The third-order valence-electron chi connectivity index (χ3n) is 3.91. The van der Waals surface area contributed by atoms with Gasteiger partial charge in [-0.1, -0.05) is 30.7 Å². The quantitative estimate of drug-likeness (QED) is 0.716. The van der Waals surface area contributed by atoms with E-state index in [2.05, 4.69) is 20.8 Å². The Morgan fingerprint density at radius 3 is 2.84 bits per heavy atom. The van der Waals surface area contributed by atoms with Gasteiger partial charge in [-0.25, -0.2) is 18.2 Å². The minimum Gasteiger partial charge on any atom is -0.325 e. The van der Waals surface area contributed by atoms with Gasteiger partial charge >= 0.3 is 0 Å². The maximum Gasteiger partial charge on any atom is 0.238 e. The molecule has 1 aliphatic rings. The van der Waals surface area contributed by atoms with Crippen LogP contribution >= 0.6 is 11.8 Å². The first-order valence-corrected chi connectivity index (χ1v) is 10.3. The Labute approximate surface area is 149 Å². The van der Waals surface area contributed by atoms with Gasteiger partial charge in [0.05, 0.1) is 16.7 Å². The molecule has 0 spiro atoms. The first-order valence-electron chi connectivity index (χ1n) is 7.77. The second kappa shape index (κ2) is 7.50. The van der Waals surface area contributed by atoms with Crippen LogP contribution in [0.3, 0.4) is 0 Å². The molecule has 1 fully saturated rings. The molecule has 134 valence electrons. The molecule has 1 aromatic heterocycles. The summed E-state index contributed by atoms with van der Waals surface area (Å²) >= 11 is 1.25. The number of hydrogen-bond donors (Lipinski definition) is 2. The molecule has 1 aromatic carbocycles. The highest BCUT2D eigenvalue weighted by molar-refractivity contribution is 7.99. The van der Waals surface area contributed by atoms with Gasteiger partial charge in [0, 0.05) is 5.69 Å². The molecule has 1 heterocycles. The minimum atomic E-state index is -3.81. The van der Waals surface area contributed by atoms with Gasteiger partial charge in [-0.3, -0.25) is 4.79 Å². The van der Waals surface area contributed by atoms with Crippen LogP contribution in [-0.4, -0.2) is 40.3 Å². The van der Waals surface area contributed by atoms with Crippen molar-refractivity contribution >= 4 is 33.4 Å². The topological polar surface area (TPSA) is 133 Å². The van der Waals surface area contributed by atoms with E-state index in [4.69, 9.17) is 5.14 Å². The van der Waals surface area contributed by atoms with Crippen molar-refractivity contribution < 1.29 is 13.2 Å². The highest BCUT2D eigenvalue weighted by Crippen LogP contribution is 2.31. The van der Waals surface area contributed by atoms with Crippen molar-refractivity contribution in [1.29, 1.82) is 0 Å². The number of benzene rings is 1. The van der Waals surface area contributed by atoms with Gasteiger partial charge < -0.3 is 5.32 Å². The van der Waals surface area contributed by atoms with Crippen LogP contribution in [0.15, 0.2) is 34.3 Å². The largest absolute Gasteiger partial charge is 0.325 e. The van der Waals surface area contributed by atoms with Gasteiger partial charge in [0.25, 0.3) is 0 Å². The molecular weight excluding hydrogens is 364 g/mol. The number of carbonyl (C=O) groups excluding carboxylic acids is 1. The number of nitrogens with one attached hydrogen (secondary N) is 1. The van der Waals surface area contributed by atoms with Gasteiger partial charge in [-0.15, -0.1) is 5.10 Å². The average Bonchev–Trinajstić information content (AvgIpc) is 3.23. The zero-order chi connectivity index (χ0) is 17.9. The number of hydrogen-bond acceptors (Lipinski definition) is 7. The molecule has 0 saturated heterocycles. The fraction of sp³-hybridized carbons (Fsp3) is 0.429. The molecular formula is C14H18N6O3S2. The van der Waals surface area contributed by atoms with Crippen molar-refractivity contribution in [2.75, 3.05) is 11.1 Å². The van der Waals surface area contributed by atoms with Gasteiger partial charge in [-0.2, -0.15) is 0 Å². The van der Waals surface area contributed by atoms with Gasteiger partial charge in [-0.05, 0) is 41.5 Å². The molecule has 0 radical (unpaired) electrons. The molecule has 25 heavy (non-hydrogen) atoms. The molecule has 1 aliphatic carbocycles. The second-order valence-electron chi connectivity index (χ2n) is 5.75. The predicted molar refractivity (Wildman–Crippen MR) is 92.5 cm³/mol. The highest BCUT2D eigenvalue weighted by atomic mass is 32.2. The number of aromatic nitrogens is 4. The predicted octanol–water partition coefficient (Wildman–Crippen LogP) is 1.17. The fourth-order valence-electron chi connectivity index (χ4n) is 2.74. The average molecular weight is 382 g/mol. The number of tetrazole rings is 1. The Morgan fingerprint density at radius 2 is 2.12 bits per heavy atom. The number of primary sulfonamides is 1. The number of nitrogens with two attached hydrogens (primary N) is 1. The smallest absolute Gasteiger partial charge is 0.238 e. The first-order chi connectivity index (χ1) is 11.9. The molecule has 3 N–H and O–H groups in total. The maximum atomic E-state index is 12.1. The Morgan fingerprint density at radius 1 is 1.36 bits per heavy atom. The number of thioether (sulfide) groups is 1. The van der Waals surface area contributed by atoms with Crippen molar-refractivity contribution in [2.24, 2.45) is 5.14 Å². The van der Waals surface area contributed by atoms with Crippen molar-refractivity contribution in [3.05, 3.63) is 24.3 Å². The van der Waals surface area contributed by atoms with Crippen LogP contribution in [0.25, 0.3) is 0 Å². The Bertz CT molecular complexity index is 861. The first kappa shape index (κ1) is 17.8. The van der Waals surface area contributed by atoms with Crippen LogP contribution in [0.1, 0.15) is 31.7 Å². The number of nitrogens with zero attached hydrogens (tertiary/aromatic N) is 4. The summed E-state index contributed by atoms with van der Waals surface area (Å²) in [6, 6.07) is 6.10. The molecule has 1 amide bonds. The molecule has 2 aromatic rings. The van der Waals surface area contributed by atoms with E-state index in [1.165, 1.54) is 30.0 Å². The molecule has 0 unspecified atom stereocenters. The summed E-state index contributed by atoms with van der Waals surface area (Å²) in [5, 5.41) is 20.0. The van der Waals surface area contributed by atoms with Crippen molar-refractivity contribution in [3.63, 3.8) is 0 Å². The zero-order valence-electron chi connectivity index (χ0n) is 13.3. The Balaban J connectivity index is 1.60. The van der Waals surface area contributed by atoms with E-state index >= 15 is 0 Å². The molecule has 11 heteroatoms. The lowest BCUT2D eigenvalue weighted by Gasteiger charge is -2.11. The van der Waals surface area contributed by atoms with Crippen LogP contribution in [0.5, 0.6) is 0 Å². The van der Waals surface area contributed by atoms with Crippen LogP contribution in [-0.2, 0) is 14.8 Å². The summed E-state index contributed by atoms with van der Waals surface area (Å²) in [5.41, 5.74) is 0.368. The molecule has 0 bridgehead atoms. The third-order valence-corrected chi connectivity index (χ3v) is 5.76. The number of sulfonamides is 1. The van der Waals surface area contributed by atoms with E-state index in [0.717, 1.165) is 25.7 Å². The lowest BCUT2D eigenvalue weighted by Crippen LogP contribution is -2.16. The highest BCUT2D eigenvalue weighted by Gasteiger charge is 2.22. The van der Waals surface area contributed by atoms with E-state index in [1.54, 1.807) is 10.7 Å². The van der Waals surface area contributed by atoms with E-state index < -0.39 is 10.0 Å². The molecule has 0 aliphatic heterocycles. The van der Waals surface area contributed by atoms with Crippen LogP contribution in [0.4, 0.5) is 5.69 Å². The SMILES string of the molecule is NS(=O)(=O)c1cccc(NC(=O)CSc2nnnn2C2CCCC2)c1. The number of amides is 1. The van der Waals surface area contributed by atoms with E-state index in [-0.39, 0.29) is 16.6 Å². The molecule has 1 saturated carbocycles. The van der Waals surface area contributed by atoms with Gasteiger partial charge in [0.15, 0.2) is 0 Å². The van der Waals surface area contributed by atoms with E-state index in [0.29, 0.717) is 16.9 Å². The van der Waals surface area contributed by atoms with Crippen LogP contribution in [0.2, 0.25) is 0 Å². The lowest BCUT2D eigenvalue weighted by molar-refractivity contribution is -0.113. The number of carbonyl (C=O) groups is 1. The fourth-order valence-corrected chi connectivity index (χ4v) is 4.04. The number of rotatable bonds is 6. The minimum absolute atomic E-state index is 0.0527. The Hall–Kier alpha value is -1.98. The summed E-state index contributed by atoms with van der Waals surface area (Å²) < 4.78 is 24.5. The van der Waals surface area contributed by atoms with Crippen LogP contribution < -0.4 is 10.5 Å². The van der Waals surface area contributed by atoms with Crippen molar-refractivity contribution in [1.82, 2.24) is 20.2 Å². The summed E-state index contributed by atoms with van der Waals surface area (Å²) in [6.07, 6.45) is 4.42. The Kier molecular flexibility index (Phi) is 5.35. The summed E-state index contributed by atoms with van der Waals surface area (Å²) in [6.45, 7) is 0. The van der Waals surface area contributed by atoms with Gasteiger partial charge in [0.1, 0.15) is 0 Å². The summed E-state index contributed by atoms with van der Waals surface area (Å²) in [5.74, 6) is -0.162. The molecule has 0 atom stereocenters. The third kappa shape index (κ3) is 4.55. The molecule has 9 nitrogen and oxygen atoms in total. The molecule has 3 rings (SSSR count). The lowest BCUT2D eigenvalue weighted by atomic mass is 10.3. The maximum absolute atomic E-state index is 12.1.